The van der Waals surface area contributed by atoms with Gasteiger partial charge >= 0.3 is 0 Å². The van der Waals surface area contributed by atoms with Crippen LogP contribution in [0.15, 0.2) is 18.2 Å². The molecule has 1 aliphatic carbocycles. The summed E-state index contributed by atoms with van der Waals surface area (Å²) in [5, 5.41) is 10.3. The molecule has 1 N–H and O–H groups in total. The van der Waals surface area contributed by atoms with Crippen LogP contribution in [0.2, 0.25) is 0 Å². The number of rotatable bonds is 4. The molecule has 0 spiro atoms. The Kier molecular flexibility index (Phi) is 5.32. The fourth-order valence-corrected chi connectivity index (χ4v) is 3.11. The van der Waals surface area contributed by atoms with Gasteiger partial charge in [-0.15, -0.1) is 0 Å². The predicted octanol–water partition coefficient (Wildman–Crippen LogP) is 4.61. The van der Waals surface area contributed by atoms with Crippen molar-refractivity contribution in [1.82, 2.24) is 0 Å². The highest BCUT2D eigenvalue weighted by molar-refractivity contribution is 5.38. The van der Waals surface area contributed by atoms with Crippen molar-refractivity contribution in [3.63, 3.8) is 0 Å². The minimum atomic E-state index is -0.327. The third kappa shape index (κ3) is 4.47. The van der Waals surface area contributed by atoms with Crippen LogP contribution in [0.4, 0.5) is 0 Å². The van der Waals surface area contributed by atoms with Crippen LogP contribution in [0.1, 0.15) is 64.0 Å². The van der Waals surface area contributed by atoms with Crippen LogP contribution < -0.4 is 4.74 Å². The van der Waals surface area contributed by atoms with Crippen molar-refractivity contribution in [2.45, 2.75) is 71.3 Å². The van der Waals surface area contributed by atoms with E-state index in [1.54, 1.807) is 0 Å². The molecule has 2 nitrogen and oxygen atoms in total. The number of aryl methyl sites for hydroxylation is 1. The lowest BCUT2D eigenvalue weighted by molar-refractivity contribution is 0.0411. The van der Waals surface area contributed by atoms with Gasteiger partial charge in [0.25, 0.3) is 0 Å². The molecule has 1 aliphatic rings. The monoisotopic (exact) mass is 290 g/mol. The van der Waals surface area contributed by atoms with Crippen LogP contribution in [-0.4, -0.2) is 17.8 Å². The Morgan fingerprint density at radius 2 is 1.86 bits per heavy atom. The fourth-order valence-electron chi connectivity index (χ4n) is 3.11. The van der Waals surface area contributed by atoms with E-state index in [1.165, 1.54) is 24.8 Å². The van der Waals surface area contributed by atoms with E-state index in [9.17, 15) is 5.11 Å². The van der Waals surface area contributed by atoms with Crippen molar-refractivity contribution in [1.29, 1.82) is 0 Å². The van der Waals surface area contributed by atoms with E-state index in [-0.39, 0.29) is 11.5 Å². The van der Waals surface area contributed by atoms with E-state index in [0.29, 0.717) is 12.5 Å². The number of aliphatic hydroxyl groups is 1. The Balaban J connectivity index is 1.93. The van der Waals surface area contributed by atoms with Gasteiger partial charge in [-0.3, -0.25) is 0 Å². The highest BCUT2D eigenvalue weighted by Gasteiger charge is 2.22. The van der Waals surface area contributed by atoms with Gasteiger partial charge in [-0.25, -0.2) is 0 Å². The van der Waals surface area contributed by atoms with E-state index >= 15 is 0 Å². The molecule has 0 amide bonds. The highest BCUT2D eigenvalue weighted by atomic mass is 16.5. The van der Waals surface area contributed by atoms with Crippen LogP contribution in [-0.2, 0) is 5.41 Å². The summed E-state index contributed by atoms with van der Waals surface area (Å²) in [6, 6.07) is 6.38. The zero-order chi connectivity index (χ0) is 15.5. The molecule has 0 bridgehead atoms. The predicted molar refractivity (Wildman–Crippen MR) is 88.0 cm³/mol. The molecule has 0 heterocycles. The first-order valence-electron chi connectivity index (χ1n) is 8.30. The van der Waals surface area contributed by atoms with Crippen molar-refractivity contribution in [2.75, 3.05) is 6.61 Å². The summed E-state index contributed by atoms with van der Waals surface area (Å²) in [6.45, 7) is 9.15. The second-order valence-corrected chi connectivity index (χ2v) is 7.51. The summed E-state index contributed by atoms with van der Waals surface area (Å²) >= 11 is 0. The highest BCUT2D eigenvalue weighted by Crippen LogP contribution is 2.29. The molecule has 1 aromatic carbocycles. The van der Waals surface area contributed by atoms with Gasteiger partial charge in [-0.2, -0.15) is 0 Å². The molecule has 1 atom stereocenters. The lowest BCUT2D eigenvalue weighted by atomic mass is 9.85. The Bertz CT molecular complexity index is 453. The lowest BCUT2D eigenvalue weighted by Gasteiger charge is -2.27. The summed E-state index contributed by atoms with van der Waals surface area (Å²) in [6.07, 6.45) is 5.78. The van der Waals surface area contributed by atoms with Crippen molar-refractivity contribution >= 4 is 0 Å². The third-order valence-corrected chi connectivity index (χ3v) is 4.64. The van der Waals surface area contributed by atoms with E-state index < -0.39 is 0 Å². The van der Waals surface area contributed by atoms with Crippen molar-refractivity contribution in [2.24, 2.45) is 5.92 Å². The summed E-state index contributed by atoms with van der Waals surface area (Å²) in [7, 11) is 0. The summed E-state index contributed by atoms with van der Waals surface area (Å²) in [5.74, 6) is 1.32. The zero-order valence-electron chi connectivity index (χ0n) is 14.0. The fraction of sp³-hybridized carbons (Fsp3) is 0.684. The number of ether oxygens (including phenoxy) is 1. The van der Waals surface area contributed by atoms with Gasteiger partial charge in [0.05, 0.1) is 6.10 Å². The summed E-state index contributed by atoms with van der Waals surface area (Å²) in [4.78, 5) is 0. The van der Waals surface area contributed by atoms with Crippen molar-refractivity contribution in [3.8, 4) is 5.75 Å². The zero-order valence-corrected chi connectivity index (χ0v) is 14.0. The van der Waals surface area contributed by atoms with E-state index in [4.69, 9.17) is 4.74 Å². The van der Waals surface area contributed by atoms with Crippen LogP contribution in [0.5, 0.6) is 5.75 Å². The molecule has 21 heavy (non-hydrogen) atoms. The molecule has 1 unspecified atom stereocenters. The minimum absolute atomic E-state index is 0.158. The van der Waals surface area contributed by atoms with Crippen LogP contribution in [0.3, 0.4) is 0 Å². The van der Waals surface area contributed by atoms with E-state index in [0.717, 1.165) is 24.2 Å². The Morgan fingerprint density at radius 1 is 1.19 bits per heavy atom. The SMILES string of the molecule is Cc1cc(C(C)(C)C)ccc1OCC(O)C1CCCCC1. The minimum Gasteiger partial charge on any atom is -0.491 e. The standard InChI is InChI=1S/C19H30O2/c1-14-12-16(19(2,3)4)10-11-18(14)21-13-17(20)15-8-6-5-7-9-15/h10-12,15,17,20H,5-9,13H2,1-4H3. The molecule has 1 fully saturated rings. The molecule has 2 heteroatoms. The number of benzene rings is 1. The van der Waals surface area contributed by atoms with E-state index in [1.807, 2.05) is 6.07 Å². The van der Waals surface area contributed by atoms with Gasteiger partial charge in [-0.05, 0) is 48.3 Å². The molecule has 1 saturated carbocycles. The van der Waals surface area contributed by atoms with Gasteiger partial charge in [0.2, 0.25) is 0 Å². The second kappa shape index (κ2) is 6.83. The molecule has 0 aliphatic heterocycles. The summed E-state index contributed by atoms with van der Waals surface area (Å²) in [5.41, 5.74) is 2.63. The first-order valence-corrected chi connectivity index (χ1v) is 8.30. The van der Waals surface area contributed by atoms with Gasteiger partial charge < -0.3 is 9.84 Å². The second-order valence-electron chi connectivity index (χ2n) is 7.51. The maximum absolute atomic E-state index is 10.3. The lowest BCUT2D eigenvalue weighted by Crippen LogP contribution is -2.29. The van der Waals surface area contributed by atoms with Gasteiger partial charge in [0.15, 0.2) is 0 Å². The third-order valence-electron chi connectivity index (χ3n) is 4.64. The topological polar surface area (TPSA) is 29.5 Å². The Hall–Kier alpha value is -1.02. The van der Waals surface area contributed by atoms with Crippen LogP contribution >= 0.6 is 0 Å². The maximum Gasteiger partial charge on any atom is 0.122 e. The normalized spacial score (nSPS) is 18.5. The summed E-state index contributed by atoms with van der Waals surface area (Å²) < 4.78 is 5.87. The van der Waals surface area contributed by atoms with Crippen molar-refractivity contribution in [3.05, 3.63) is 29.3 Å². The van der Waals surface area contributed by atoms with E-state index in [2.05, 4.69) is 39.8 Å². The van der Waals surface area contributed by atoms with Gasteiger partial charge in [-0.1, -0.05) is 52.2 Å². The average molecular weight is 290 g/mol. The molecule has 0 radical (unpaired) electrons. The van der Waals surface area contributed by atoms with Crippen LogP contribution in [0, 0.1) is 12.8 Å². The smallest absolute Gasteiger partial charge is 0.122 e. The Labute approximate surface area is 129 Å². The first-order chi connectivity index (χ1) is 9.88. The maximum atomic E-state index is 10.3. The molecular weight excluding hydrogens is 260 g/mol. The number of hydrogen-bond donors (Lipinski definition) is 1. The first kappa shape index (κ1) is 16.4. The van der Waals surface area contributed by atoms with Gasteiger partial charge in [0.1, 0.15) is 12.4 Å². The van der Waals surface area contributed by atoms with Crippen molar-refractivity contribution < 1.29 is 9.84 Å². The molecule has 0 aromatic heterocycles. The Morgan fingerprint density at radius 3 is 2.43 bits per heavy atom. The molecule has 0 saturated heterocycles. The number of aliphatic hydroxyl groups excluding tert-OH is 1. The molecular formula is C19H30O2. The van der Waals surface area contributed by atoms with Gasteiger partial charge in [0, 0.05) is 0 Å². The molecule has 2 rings (SSSR count). The van der Waals surface area contributed by atoms with Crippen LogP contribution in [0.25, 0.3) is 0 Å². The largest absolute Gasteiger partial charge is 0.491 e. The molecule has 1 aromatic rings. The quantitative estimate of drug-likeness (QED) is 0.877. The number of hydrogen-bond acceptors (Lipinski definition) is 2. The average Bonchev–Trinajstić information content (AvgIpc) is 2.45. The molecule has 118 valence electrons.